The van der Waals surface area contributed by atoms with Crippen molar-refractivity contribution >= 4 is 5.91 Å². The second-order valence-electron chi connectivity index (χ2n) is 11.4. The maximum absolute atomic E-state index is 13.3. The van der Waals surface area contributed by atoms with Crippen LogP contribution in [0.1, 0.15) is 81.1 Å². The summed E-state index contributed by atoms with van der Waals surface area (Å²) in [6, 6.07) is 0. The number of amides is 1. The maximum atomic E-state index is 13.3. The van der Waals surface area contributed by atoms with Gasteiger partial charge in [0.1, 0.15) is 11.2 Å². The van der Waals surface area contributed by atoms with Crippen molar-refractivity contribution in [1.82, 2.24) is 20.5 Å². The van der Waals surface area contributed by atoms with Crippen molar-refractivity contribution in [3.05, 3.63) is 0 Å². The molecule has 3 rings (SSSR count). The van der Waals surface area contributed by atoms with Gasteiger partial charge in [0, 0.05) is 35.0 Å². The first-order chi connectivity index (χ1) is 11.9. The van der Waals surface area contributed by atoms with E-state index < -0.39 is 33.4 Å². The van der Waals surface area contributed by atoms with Crippen LogP contribution in [-0.2, 0) is 4.79 Å². The molecule has 3 aliphatic heterocycles. The lowest BCUT2D eigenvalue weighted by Gasteiger charge is -2.59. The van der Waals surface area contributed by atoms with Gasteiger partial charge >= 0.3 is 0 Å². The molecule has 0 aromatic carbocycles. The van der Waals surface area contributed by atoms with E-state index in [1.807, 2.05) is 55.4 Å². The average Bonchev–Trinajstić information content (AvgIpc) is 2.63. The van der Waals surface area contributed by atoms with E-state index >= 15 is 0 Å². The van der Waals surface area contributed by atoms with Crippen molar-refractivity contribution in [2.24, 2.45) is 0 Å². The van der Waals surface area contributed by atoms with Crippen LogP contribution in [0.25, 0.3) is 0 Å². The molecule has 4 N–H and O–H groups in total. The zero-order valence-electron chi connectivity index (χ0n) is 17.9. The molecule has 0 aromatic heterocycles. The molecule has 8 heteroatoms. The minimum absolute atomic E-state index is 0.211. The lowest BCUT2D eigenvalue weighted by molar-refractivity contribution is -0.325. The minimum Gasteiger partial charge on any atom is -0.334 e. The van der Waals surface area contributed by atoms with Crippen LogP contribution in [0, 0.1) is 0 Å². The molecule has 0 saturated carbocycles. The molecule has 3 aliphatic rings. The van der Waals surface area contributed by atoms with E-state index in [2.05, 4.69) is 5.32 Å². The quantitative estimate of drug-likeness (QED) is 0.509. The third-order valence-electron chi connectivity index (χ3n) is 6.77. The minimum atomic E-state index is -1.13. The van der Waals surface area contributed by atoms with Crippen LogP contribution >= 0.6 is 0 Å². The van der Waals surface area contributed by atoms with Crippen molar-refractivity contribution < 1.29 is 20.4 Å². The fourth-order valence-electron chi connectivity index (χ4n) is 6.36. The second kappa shape index (κ2) is 5.43. The van der Waals surface area contributed by atoms with Gasteiger partial charge in [-0.3, -0.25) is 4.79 Å². The van der Waals surface area contributed by atoms with Crippen LogP contribution in [0.2, 0.25) is 0 Å². The molecule has 8 nitrogen and oxygen atoms in total. The Bertz CT molecular complexity index is 622. The first kappa shape index (κ1) is 21.0. The smallest absolute Gasteiger partial charge is 0.244 e. The van der Waals surface area contributed by atoms with E-state index in [9.17, 15) is 20.4 Å². The molecule has 0 aliphatic carbocycles. The Balaban J connectivity index is 2.07. The van der Waals surface area contributed by atoms with Crippen molar-refractivity contribution in [3.63, 3.8) is 0 Å². The lowest BCUT2D eigenvalue weighted by Crippen LogP contribution is -2.73. The molecule has 156 valence electrons. The molecule has 0 atom stereocenters. The molecule has 0 aromatic rings. The predicted molar refractivity (Wildman–Crippen MR) is 99.3 cm³/mol. The predicted octanol–water partition coefficient (Wildman–Crippen LogP) is 2.33. The van der Waals surface area contributed by atoms with Crippen molar-refractivity contribution in [2.75, 3.05) is 0 Å². The van der Waals surface area contributed by atoms with Gasteiger partial charge in [-0.1, -0.05) is 0 Å². The maximum Gasteiger partial charge on any atom is 0.244 e. The Morgan fingerprint density at radius 3 is 1.37 bits per heavy atom. The summed E-state index contributed by atoms with van der Waals surface area (Å²) in [6.45, 7) is 15.2. The fourth-order valence-corrected chi connectivity index (χ4v) is 6.36. The van der Waals surface area contributed by atoms with Gasteiger partial charge < -0.3 is 20.9 Å². The topological polar surface area (TPSA) is 99.5 Å². The second-order valence-corrected chi connectivity index (χ2v) is 11.4. The molecule has 0 radical (unpaired) electrons. The largest absolute Gasteiger partial charge is 0.334 e. The van der Waals surface area contributed by atoms with Gasteiger partial charge in [-0.2, -0.15) is 15.2 Å². The van der Waals surface area contributed by atoms with E-state index in [0.717, 1.165) is 0 Å². The number of nitrogens with one attached hydrogen (secondary N) is 1. The van der Waals surface area contributed by atoms with Crippen LogP contribution < -0.4 is 5.32 Å². The van der Waals surface area contributed by atoms with Crippen molar-refractivity contribution in [2.45, 2.75) is 114 Å². The van der Waals surface area contributed by atoms with Gasteiger partial charge in [0.05, 0.1) is 0 Å². The van der Waals surface area contributed by atoms with Gasteiger partial charge in [-0.15, -0.1) is 0 Å². The average molecular weight is 385 g/mol. The lowest BCUT2D eigenvalue weighted by atomic mass is 9.69. The Morgan fingerprint density at radius 1 is 0.667 bits per heavy atom. The summed E-state index contributed by atoms with van der Waals surface area (Å²) in [7, 11) is 0. The summed E-state index contributed by atoms with van der Waals surface area (Å²) in [5.74, 6) is -0.211. The number of piperidine rings is 2. The summed E-state index contributed by atoms with van der Waals surface area (Å²) in [6.07, 6.45) is 1.36. The van der Waals surface area contributed by atoms with Crippen molar-refractivity contribution in [1.29, 1.82) is 0 Å². The SMILES string of the molecule is CC1(C)CC2(CC(C)(C)N1O)NC(=O)C1(CC(C)(C)N(O)C(C)(C)C1)N2O. The first-order valence-electron chi connectivity index (χ1n) is 9.72. The summed E-state index contributed by atoms with van der Waals surface area (Å²) in [5.41, 5.74) is -4.74. The zero-order valence-corrected chi connectivity index (χ0v) is 17.9. The van der Waals surface area contributed by atoms with Crippen LogP contribution in [0.3, 0.4) is 0 Å². The molecule has 3 fully saturated rings. The molecular weight excluding hydrogens is 348 g/mol. The van der Waals surface area contributed by atoms with Crippen molar-refractivity contribution in [3.8, 4) is 0 Å². The van der Waals surface area contributed by atoms with E-state index in [1.54, 1.807) is 0 Å². The van der Waals surface area contributed by atoms with Crippen LogP contribution in [0.5, 0.6) is 0 Å². The molecule has 27 heavy (non-hydrogen) atoms. The number of nitrogens with zero attached hydrogens (tertiary/aromatic N) is 3. The highest BCUT2D eigenvalue weighted by molar-refractivity contribution is 5.90. The summed E-state index contributed by atoms with van der Waals surface area (Å²) < 4.78 is 0. The van der Waals surface area contributed by atoms with E-state index in [4.69, 9.17) is 0 Å². The normalized spacial score (nSPS) is 34.1. The number of rotatable bonds is 0. The standard InChI is InChI=1S/C19H36N4O4/c1-14(2)9-18(10-15(3,4)21(14)25)13(24)20-19(23(18)27)11-16(5,6)22(26)17(7,8)12-19/h25-27H,9-12H2,1-8H3,(H,20,24). The van der Waals surface area contributed by atoms with E-state index in [-0.39, 0.29) is 5.91 Å². The molecule has 0 unspecified atom stereocenters. The Kier molecular flexibility index (Phi) is 4.21. The number of hydroxylamine groups is 6. The molecule has 1 amide bonds. The molecule has 0 bridgehead atoms. The van der Waals surface area contributed by atoms with Gasteiger partial charge in [-0.25, -0.2) is 0 Å². The Hall–Kier alpha value is -0.770. The van der Waals surface area contributed by atoms with E-state index in [0.29, 0.717) is 25.7 Å². The number of carbonyl (C=O) groups is 1. The van der Waals surface area contributed by atoms with Gasteiger partial charge in [-0.05, 0) is 68.2 Å². The highest BCUT2D eigenvalue weighted by Crippen LogP contribution is 2.54. The zero-order chi connectivity index (χ0) is 20.8. The summed E-state index contributed by atoms with van der Waals surface area (Å²) in [5, 5.41) is 39.8. The summed E-state index contributed by atoms with van der Waals surface area (Å²) in [4.78, 5) is 13.3. The fraction of sp³-hybridized carbons (Fsp3) is 0.947. The third-order valence-corrected chi connectivity index (χ3v) is 6.77. The van der Waals surface area contributed by atoms with Crippen LogP contribution in [0.4, 0.5) is 0 Å². The number of hydrogen-bond acceptors (Lipinski definition) is 7. The van der Waals surface area contributed by atoms with Crippen LogP contribution in [-0.4, -0.2) is 70.1 Å². The Morgan fingerprint density at radius 2 is 1.00 bits per heavy atom. The van der Waals surface area contributed by atoms with Gasteiger partial charge in [0.15, 0.2) is 0 Å². The van der Waals surface area contributed by atoms with E-state index in [1.165, 1.54) is 15.2 Å². The molecule has 2 spiro atoms. The Labute approximate surface area is 162 Å². The third kappa shape index (κ3) is 2.76. The first-order valence-corrected chi connectivity index (χ1v) is 9.72. The van der Waals surface area contributed by atoms with Crippen LogP contribution in [0.15, 0.2) is 0 Å². The van der Waals surface area contributed by atoms with Gasteiger partial charge in [0.2, 0.25) is 5.91 Å². The highest BCUT2D eigenvalue weighted by Gasteiger charge is 2.70. The molecule has 3 heterocycles. The van der Waals surface area contributed by atoms with Gasteiger partial charge in [0.25, 0.3) is 0 Å². The molecular formula is C19H36N4O4. The monoisotopic (exact) mass is 384 g/mol. The number of hydrogen-bond donors (Lipinski definition) is 4. The molecule has 3 saturated heterocycles. The number of carbonyl (C=O) groups excluding carboxylic acids is 1. The highest BCUT2D eigenvalue weighted by atomic mass is 16.5. The summed E-state index contributed by atoms with van der Waals surface area (Å²) >= 11 is 0.